The smallest absolute Gasteiger partial charge is 0.139 e. The maximum Gasteiger partial charge on any atom is 0.139 e. The van der Waals surface area contributed by atoms with E-state index >= 15 is 0 Å². The average molecular weight is 453 g/mol. The molecule has 172 valence electrons. The largest absolute Gasteiger partial charge is 0.362 e. The molecule has 0 unspecified atom stereocenters. The lowest BCUT2D eigenvalue weighted by Gasteiger charge is -2.26. The van der Waals surface area contributed by atoms with Gasteiger partial charge in [-0.1, -0.05) is 55.6 Å². The highest BCUT2D eigenvalue weighted by molar-refractivity contribution is 6.30. The van der Waals surface area contributed by atoms with Crippen molar-refractivity contribution < 1.29 is 0 Å². The monoisotopic (exact) mass is 452 g/mol. The van der Waals surface area contributed by atoms with Crippen LogP contribution in [0, 0.1) is 18.8 Å². The predicted octanol–water partition coefficient (Wildman–Crippen LogP) is 6.30. The minimum absolute atomic E-state index is 0.812. The van der Waals surface area contributed by atoms with Gasteiger partial charge >= 0.3 is 0 Å². The van der Waals surface area contributed by atoms with Crippen molar-refractivity contribution in [2.45, 2.75) is 46.0 Å². The first-order valence-corrected chi connectivity index (χ1v) is 12.2. The first-order chi connectivity index (χ1) is 15.4. The summed E-state index contributed by atoms with van der Waals surface area (Å²) in [6.45, 7) is 6.57. The third kappa shape index (κ3) is 7.46. The van der Waals surface area contributed by atoms with Gasteiger partial charge in [0.05, 0.1) is 5.52 Å². The zero-order valence-corrected chi connectivity index (χ0v) is 20.7. The number of anilines is 1. The van der Waals surface area contributed by atoms with Crippen molar-refractivity contribution >= 4 is 28.3 Å². The molecule has 0 radical (unpaired) electrons. The van der Waals surface area contributed by atoms with E-state index in [-0.39, 0.29) is 0 Å². The van der Waals surface area contributed by atoms with Gasteiger partial charge in [0.1, 0.15) is 11.6 Å². The molecule has 1 saturated carbocycles. The molecule has 1 aliphatic carbocycles. The van der Waals surface area contributed by atoms with Crippen LogP contribution in [0.15, 0.2) is 48.5 Å². The molecule has 4 rings (SSSR count). The van der Waals surface area contributed by atoms with Crippen molar-refractivity contribution in [3.63, 3.8) is 0 Å². The van der Waals surface area contributed by atoms with Gasteiger partial charge in [0, 0.05) is 24.5 Å². The number of aromatic nitrogens is 2. The summed E-state index contributed by atoms with van der Waals surface area (Å²) >= 11 is 5.87. The van der Waals surface area contributed by atoms with Crippen molar-refractivity contribution in [3.05, 3.63) is 64.9 Å². The summed E-state index contributed by atoms with van der Waals surface area (Å²) in [5, 5.41) is 5.52. The molecule has 1 fully saturated rings. The Balaban J connectivity index is 0.000000186. The Kier molecular flexibility index (Phi) is 9.31. The molecule has 32 heavy (non-hydrogen) atoms. The maximum absolute atomic E-state index is 5.87. The Morgan fingerprint density at radius 3 is 2.34 bits per heavy atom. The average Bonchev–Trinajstić information content (AvgIpc) is 2.79. The molecule has 1 aromatic heterocycles. The highest BCUT2D eigenvalue weighted by Gasteiger charge is 2.17. The van der Waals surface area contributed by atoms with Gasteiger partial charge in [-0.25, -0.2) is 9.97 Å². The van der Waals surface area contributed by atoms with E-state index in [1.54, 1.807) is 0 Å². The Labute approximate surface area is 198 Å². The van der Waals surface area contributed by atoms with Gasteiger partial charge in [0.25, 0.3) is 0 Å². The fourth-order valence-corrected chi connectivity index (χ4v) is 4.36. The summed E-state index contributed by atoms with van der Waals surface area (Å²) < 4.78 is 0. The van der Waals surface area contributed by atoms with Crippen LogP contribution in [0.25, 0.3) is 10.9 Å². The lowest BCUT2D eigenvalue weighted by Crippen LogP contribution is -2.27. The predicted molar refractivity (Wildman–Crippen MR) is 138 cm³/mol. The summed E-state index contributed by atoms with van der Waals surface area (Å²) in [6.07, 6.45) is 6.76. The minimum Gasteiger partial charge on any atom is -0.362 e. The van der Waals surface area contributed by atoms with E-state index in [1.165, 1.54) is 37.8 Å². The highest BCUT2D eigenvalue weighted by atomic mass is 35.5. The van der Waals surface area contributed by atoms with E-state index in [1.807, 2.05) is 62.3 Å². The summed E-state index contributed by atoms with van der Waals surface area (Å²) in [4.78, 5) is 10.8. The Bertz CT molecular complexity index is 963. The molecule has 1 heterocycles. The first kappa shape index (κ1) is 24.5. The molecule has 0 aliphatic heterocycles. The second kappa shape index (κ2) is 12.2. The van der Waals surface area contributed by atoms with Crippen LogP contribution in [0.4, 0.5) is 5.82 Å². The minimum atomic E-state index is 0.812. The van der Waals surface area contributed by atoms with Gasteiger partial charge in [0.2, 0.25) is 0 Å². The standard InChI is InChI=1S/C16H24ClN.C11H13N3/c1-13-2-4-15(5-3-13)12-18-11-10-14-6-8-16(17)9-7-14;1-8-12-10-7-5-4-6-9(10)11(13-8)14(2)3/h6-9,13,15,18H,2-5,10-12H2,1H3;4-7H,1-3H3. The van der Waals surface area contributed by atoms with E-state index < -0.39 is 0 Å². The van der Waals surface area contributed by atoms with Gasteiger partial charge in [-0.05, 0) is 80.9 Å². The summed E-state index contributed by atoms with van der Waals surface area (Å²) in [6, 6.07) is 16.2. The molecule has 1 N–H and O–H groups in total. The number of benzene rings is 2. The SMILES string of the molecule is CC1CCC(CNCCc2ccc(Cl)cc2)CC1.Cc1nc(N(C)C)c2ccccc2n1. The number of fused-ring (bicyclic) bond motifs is 1. The van der Waals surface area contributed by atoms with Crippen molar-refractivity contribution in [2.75, 3.05) is 32.1 Å². The number of hydrogen-bond acceptors (Lipinski definition) is 4. The molecule has 2 aromatic carbocycles. The zero-order chi connectivity index (χ0) is 22.9. The summed E-state index contributed by atoms with van der Waals surface area (Å²) in [5.74, 6) is 3.65. The quantitative estimate of drug-likeness (QED) is 0.445. The molecule has 1 aliphatic rings. The van der Waals surface area contributed by atoms with Crippen LogP contribution >= 0.6 is 11.6 Å². The van der Waals surface area contributed by atoms with E-state index in [9.17, 15) is 0 Å². The number of hydrogen-bond donors (Lipinski definition) is 1. The summed E-state index contributed by atoms with van der Waals surface area (Å²) in [5.41, 5.74) is 2.37. The van der Waals surface area contributed by atoms with E-state index in [4.69, 9.17) is 11.6 Å². The Hall–Kier alpha value is -2.17. The fourth-order valence-electron chi connectivity index (χ4n) is 4.24. The highest BCUT2D eigenvalue weighted by Crippen LogP contribution is 2.27. The van der Waals surface area contributed by atoms with E-state index in [0.29, 0.717) is 0 Å². The molecular formula is C27H37ClN4. The van der Waals surface area contributed by atoms with Crippen molar-refractivity contribution in [1.29, 1.82) is 0 Å². The second-order valence-electron chi connectivity index (χ2n) is 9.21. The van der Waals surface area contributed by atoms with Gasteiger partial charge in [0.15, 0.2) is 0 Å². The normalized spacial score (nSPS) is 18.2. The fraction of sp³-hybridized carbons (Fsp3) is 0.481. The molecule has 0 saturated heterocycles. The van der Waals surface area contributed by atoms with E-state index in [0.717, 1.165) is 52.4 Å². The van der Waals surface area contributed by atoms with Crippen LogP contribution in [0.3, 0.4) is 0 Å². The number of halogens is 1. The maximum atomic E-state index is 5.87. The van der Waals surface area contributed by atoms with Crippen LogP contribution in [-0.2, 0) is 6.42 Å². The third-order valence-corrected chi connectivity index (χ3v) is 6.44. The topological polar surface area (TPSA) is 41.1 Å². The van der Waals surface area contributed by atoms with Crippen LogP contribution in [0.2, 0.25) is 5.02 Å². The van der Waals surface area contributed by atoms with Gasteiger partial charge in [-0.3, -0.25) is 0 Å². The lowest BCUT2D eigenvalue weighted by molar-refractivity contribution is 0.282. The molecule has 0 amide bonds. The van der Waals surface area contributed by atoms with Crippen LogP contribution in [-0.4, -0.2) is 37.2 Å². The zero-order valence-electron chi connectivity index (χ0n) is 19.9. The molecule has 5 heteroatoms. The van der Waals surface area contributed by atoms with E-state index in [2.05, 4.69) is 34.3 Å². The van der Waals surface area contributed by atoms with Gasteiger partial charge in [-0.2, -0.15) is 0 Å². The second-order valence-corrected chi connectivity index (χ2v) is 9.65. The Morgan fingerprint density at radius 1 is 0.969 bits per heavy atom. The molecule has 0 bridgehead atoms. The van der Waals surface area contributed by atoms with Crippen molar-refractivity contribution in [3.8, 4) is 0 Å². The van der Waals surface area contributed by atoms with Crippen LogP contribution in [0.5, 0.6) is 0 Å². The number of rotatable bonds is 6. The molecule has 4 nitrogen and oxygen atoms in total. The molecular weight excluding hydrogens is 416 g/mol. The van der Waals surface area contributed by atoms with Crippen LogP contribution in [0.1, 0.15) is 44.0 Å². The molecule has 0 atom stereocenters. The number of aryl methyl sites for hydroxylation is 1. The number of nitrogens with one attached hydrogen (secondary N) is 1. The summed E-state index contributed by atoms with van der Waals surface area (Å²) in [7, 11) is 3.99. The third-order valence-electron chi connectivity index (χ3n) is 6.19. The van der Waals surface area contributed by atoms with Crippen molar-refractivity contribution in [1.82, 2.24) is 15.3 Å². The number of para-hydroxylation sites is 1. The molecule has 0 spiro atoms. The van der Waals surface area contributed by atoms with Crippen LogP contribution < -0.4 is 10.2 Å². The first-order valence-electron chi connectivity index (χ1n) is 11.8. The van der Waals surface area contributed by atoms with Gasteiger partial charge < -0.3 is 10.2 Å². The molecule has 3 aromatic rings. The lowest BCUT2D eigenvalue weighted by atomic mass is 9.83. The Morgan fingerprint density at radius 2 is 1.66 bits per heavy atom. The number of nitrogens with zero attached hydrogens (tertiary/aromatic N) is 3. The van der Waals surface area contributed by atoms with Crippen molar-refractivity contribution in [2.24, 2.45) is 11.8 Å². The van der Waals surface area contributed by atoms with Gasteiger partial charge in [-0.15, -0.1) is 0 Å².